The highest BCUT2D eigenvalue weighted by Gasteiger charge is 2.26. The van der Waals surface area contributed by atoms with Gasteiger partial charge in [0.05, 0.1) is 11.3 Å². The van der Waals surface area contributed by atoms with E-state index in [0.717, 1.165) is 47.8 Å². The van der Waals surface area contributed by atoms with Crippen molar-refractivity contribution in [2.24, 2.45) is 0 Å². The molecule has 0 atom stereocenters. The monoisotopic (exact) mass is 514 g/mol. The molecule has 1 aliphatic carbocycles. The standard InChI is InChI=1S/C26H22N6O2S2/c33-20(14-35-26-30-23-22(31-32-26)16-10-4-6-12-18(16)28-23)29-25-21(17-11-5-7-13-19(17)36-25)24(34)27-15-8-2-1-3-9-15/h1-4,6,8-10,12H,5,7,11,13-14H2,(H,27,34)(H,29,33)(H,28,30,32). The van der Waals surface area contributed by atoms with Crippen LogP contribution < -0.4 is 10.6 Å². The Bertz CT molecular complexity index is 1590. The molecule has 180 valence electrons. The highest BCUT2D eigenvalue weighted by molar-refractivity contribution is 7.99. The summed E-state index contributed by atoms with van der Waals surface area (Å²) >= 11 is 2.72. The molecule has 10 heteroatoms. The first-order valence-electron chi connectivity index (χ1n) is 11.7. The molecule has 36 heavy (non-hydrogen) atoms. The molecular weight excluding hydrogens is 492 g/mol. The lowest BCUT2D eigenvalue weighted by molar-refractivity contribution is -0.113. The van der Waals surface area contributed by atoms with Crippen molar-refractivity contribution in [1.82, 2.24) is 20.2 Å². The first-order chi connectivity index (χ1) is 17.7. The number of hydrogen-bond acceptors (Lipinski definition) is 7. The van der Waals surface area contributed by atoms with Crippen molar-refractivity contribution in [1.29, 1.82) is 0 Å². The van der Waals surface area contributed by atoms with Crippen LogP contribution in [-0.2, 0) is 17.6 Å². The van der Waals surface area contributed by atoms with Crippen LogP contribution in [-0.4, -0.2) is 37.7 Å². The summed E-state index contributed by atoms with van der Waals surface area (Å²) in [5.41, 5.74) is 4.64. The van der Waals surface area contributed by atoms with E-state index in [1.165, 1.54) is 28.0 Å². The van der Waals surface area contributed by atoms with Crippen LogP contribution >= 0.6 is 23.1 Å². The highest BCUT2D eigenvalue weighted by atomic mass is 32.2. The van der Waals surface area contributed by atoms with Crippen LogP contribution in [0.15, 0.2) is 59.8 Å². The Morgan fingerprint density at radius 1 is 0.972 bits per heavy atom. The van der Waals surface area contributed by atoms with Gasteiger partial charge in [0, 0.05) is 21.5 Å². The summed E-state index contributed by atoms with van der Waals surface area (Å²) in [6.07, 6.45) is 3.91. The molecular formula is C26H22N6O2S2. The summed E-state index contributed by atoms with van der Waals surface area (Å²) in [5, 5.41) is 16.4. The topological polar surface area (TPSA) is 113 Å². The molecule has 3 aromatic heterocycles. The molecule has 2 amide bonds. The molecule has 1 aliphatic rings. The van der Waals surface area contributed by atoms with E-state index in [1.807, 2.05) is 54.6 Å². The average molecular weight is 515 g/mol. The number of anilines is 2. The lowest BCUT2D eigenvalue weighted by atomic mass is 9.95. The van der Waals surface area contributed by atoms with E-state index >= 15 is 0 Å². The fourth-order valence-corrected chi connectivity index (χ4v) is 6.36. The van der Waals surface area contributed by atoms with Gasteiger partial charge in [0.25, 0.3) is 5.91 Å². The van der Waals surface area contributed by atoms with E-state index in [9.17, 15) is 9.59 Å². The fourth-order valence-electron chi connectivity index (χ4n) is 4.47. The summed E-state index contributed by atoms with van der Waals surface area (Å²) in [7, 11) is 0. The number of nitrogens with zero attached hydrogens (tertiary/aromatic N) is 3. The number of amides is 2. The van der Waals surface area contributed by atoms with Gasteiger partial charge in [-0.15, -0.1) is 21.5 Å². The number of rotatable bonds is 6. The Labute approximate surface area is 214 Å². The Hall–Kier alpha value is -3.76. The number of aromatic nitrogens is 4. The molecule has 0 unspecified atom stereocenters. The second-order valence-corrected chi connectivity index (χ2v) is 10.6. The van der Waals surface area contributed by atoms with Gasteiger partial charge < -0.3 is 15.6 Å². The maximum atomic E-state index is 13.2. The number of thioether (sulfide) groups is 1. The first-order valence-corrected chi connectivity index (χ1v) is 13.5. The quantitative estimate of drug-likeness (QED) is 0.261. The van der Waals surface area contributed by atoms with Crippen molar-refractivity contribution >= 4 is 67.7 Å². The summed E-state index contributed by atoms with van der Waals surface area (Å²) < 4.78 is 0. The maximum Gasteiger partial charge on any atom is 0.258 e. The van der Waals surface area contributed by atoms with Gasteiger partial charge in [-0.25, -0.2) is 4.98 Å². The normalized spacial score (nSPS) is 13.0. The third kappa shape index (κ3) is 4.45. The molecule has 8 nitrogen and oxygen atoms in total. The van der Waals surface area contributed by atoms with Crippen molar-refractivity contribution in [2.45, 2.75) is 30.8 Å². The second kappa shape index (κ2) is 9.71. The average Bonchev–Trinajstić information content (AvgIpc) is 3.45. The second-order valence-electron chi connectivity index (χ2n) is 8.53. The molecule has 3 heterocycles. The molecule has 2 aromatic carbocycles. The van der Waals surface area contributed by atoms with Crippen LogP contribution in [0.3, 0.4) is 0 Å². The zero-order valence-electron chi connectivity index (χ0n) is 19.2. The van der Waals surface area contributed by atoms with Gasteiger partial charge in [0.15, 0.2) is 5.65 Å². The minimum Gasteiger partial charge on any atom is -0.338 e. The minimum atomic E-state index is -0.215. The first kappa shape index (κ1) is 22.7. The predicted molar refractivity (Wildman–Crippen MR) is 144 cm³/mol. The number of H-pyrrole nitrogens is 1. The number of thiophene rings is 1. The van der Waals surface area contributed by atoms with Crippen molar-refractivity contribution in [3.05, 3.63) is 70.6 Å². The molecule has 3 N–H and O–H groups in total. The van der Waals surface area contributed by atoms with Crippen molar-refractivity contribution in [3.63, 3.8) is 0 Å². The number of aryl methyl sites for hydroxylation is 1. The van der Waals surface area contributed by atoms with Crippen LogP contribution in [0.5, 0.6) is 0 Å². The lowest BCUT2D eigenvalue weighted by Gasteiger charge is -2.13. The van der Waals surface area contributed by atoms with Gasteiger partial charge in [0.2, 0.25) is 11.1 Å². The Balaban J connectivity index is 1.19. The summed E-state index contributed by atoms with van der Waals surface area (Å²) in [6.45, 7) is 0. The number of para-hydroxylation sites is 2. The number of fused-ring (bicyclic) bond motifs is 4. The molecule has 0 aliphatic heterocycles. The number of hydrogen-bond donors (Lipinski definition) is 3. The zero-order valence-corrected chi connectivity index (χ0v) is 20.8. The molecule has 6 rings (SSSR count). The molecule has 0 fully saturated rings. The van der Waals surface area contributed by atoms with Crippen LogP contribution in [0.2, 0.25) is 0 Å². The van der Waals surface area contributed by atoms with Gasteiger partial charge in [-0.1, -0.05) is 48.2 Å². The number of carbonyl (C=O) groups is 2. The Morgan fingerprint density at radius 3 is 2.67 bits per heavy atom. The van der Waals surface area contributed by atoms with E-state index in [2.05, 4.69) is 30.8 Å². The van der Waals surface area contributed by atoms with Gasteiger partial charge in [-0.3, -0.25) is 9.59 Å². The van der Waals surface area contributed by atoms with Gasteiger partial charge >= 0.3 is 0 Å². The van der Waals surface area contributed by atoms with Crippen LogP contribution in [0.1, 0.15) is 33.6 Å². The third-order valence-corrected chi connectivity index (χ3v) is 8.16. The number of aromatic amines is 1. The van der Waals surface area contributed by atoms with Crippen molar-refractivity contribution < 1.29 is 9.59 Å². The fraction of sp³-hybridized carbons (Fsp3) is 0.192. The zero-order chi connectivity index (χ0) is 24.5. The van der Waals surface area contributed by atoms with Crippen LogP contribution in [0.25, 0.3) is 22.1 Å². The minimum absolute atomic E-state index is 0.107. The lowest BCUT2D eigenvalue weighted by Crippen LogP contribution is -2.19. The predicted octanol–water partition coefficient (Wildman–Crippen LogP) is 5.43. The van der Waals surface area contributed by atoms with Gasteiger partial charge in [-0.2, -0.15) is 0 Å². The summed E-state index contributed by atoms with van der Waals surface area (Å²) in [5.74, 6) is -0.302. The third-order valence-electron chi connectivity index (χ3n) is 6.12. The van der Waals surface area contributed by atoms with E-state index in [0.29, 0.717) is 26.9 Å². The van der Waals surface area contributed by atoms with Crippen molar-refractivity contribution in [2.75, 3.05) is 16.4 Å². The van der Waals surface area contributed by atoms with Gasteiger partial charge in [-0.05, 0) is 49.4 Å². The van der Waals surface area contributed by atoms with Crippen LogP contribution in [0, 0.1) is 0 Å². The SMILES string of the molecule is O=C(CSc1nnc2c(n1)[nH]c1ccccc12)Nc1sc2c(c1C(=O)Nc1ccccc1)CCCC2. The number of carbonyl (C=O) groups excluding carboxylic acids is 2. The van der Waals surface area contributed by atoms with Crippen LogP contribution in [0.4, 0.5) is 10.7 Å². The Kier molecular flexibility index (Phi) is 6.12. The van der Waals surface area contributed by atoms with E-state index in [1.54, 1.807) is 0 Å². The smallest absolute Gasteiger partial charge is 0.258 e. The van der Waals surface area contributed by atoms with Crippen molar-refractivity contribution in [3.8, 4) is 0 Å². The number of benzene rings is 2. The van der Waals surface area contributed by atoms with E-state index in [-0.39, 0.29) is 17.6 Å². The number of nitrogens with one attached hydrogen (secondary N) is 3. The van der Waals surface area contributed by atoms with E-state index in [4.69, 9.17) is 0 Å². The molecule has 0 bridgehead atoms. The molecule has 5 aromatic rings. The Morgan fingerprint density at radius 2 is 1.78 bits per heavy atom. The largest absolute Gasteiger partial charge is 0.338 e. The molecule has 0 spiro atoms. The molecule has 0 saturated carbocycles. The summed E-state index contributed by atoms with van der Waals surface area (Å²) in [6, 6.07) is 17.2. The maximum absolute atomic E-state index is 13.2. The summed E-state index contributed by atoms with van der Waals surface area (Å²) in [4.78, 5) is 35.1. The van der Waals surface area contributed by atoms with E-state index < -0.39 is 0 Å². The molecule has 0 saturated heterocycles. The molecule has 0 radical (unpaired) electrons. The highest BCUT2D eigenvalue weighted by Crippen LogP contribution is 2.38. The van der Waals surface area contributed by atoms with Gasteiger partial charge in [0.1, 0.15) is 10.5 Å².